The Morgan fingerprint density at radius 2 is 1.10 bits per heavy atom. The fraction of sp³-hybridized carbons (Fsp3) is 0.446. The van der Waals surface area contributed by atoms with Crippen molar-refractivity contribution in [3.8, 4) is 46.0 Å². The Kier molecular flexibility index (Phi) is 20.2. The van der Waals surface area contributed by atoms with Crippen molar-refractivity contribution in [1.29, 1.82) is 0 Å². The van der Waals surface area contributed by atoms with Crippen LogP contribution in [0.2, 0.25) is 0 Å². The van der Waals surface area contributed by atoms with Crippen molar-refractivity contribution < 1.29 is 51.8 Å². The highest BCUT2D eigenvalue weighted by atomic mass is 19.1. The Morgan fingerprint density at radius 1 is 0.552 bits per heavy atom. The molecule has 0 saturated carbocycles. The Balaban J connectivity index is 1.43. The van der Waals surface area contributed by atoms with E-state index in [1.54, 1.807) is 0 Å². The average molecular weight is 921 g/mol. The minimum Gasteiger partial charge on any atom is -0.493 e. The van der Waals surface area contributed by atoms with E-state index in [9.17, 15) is 4.79 Å². The molecule has 67 heavy (non-hydrogen) atoms. The molecular formula is C56H69FO10. The Bertz CT molecular complexity index is 2270. The van der Waals surface area contributed by atoms with Crippen LogP contribution in [0.3, 0.4) is 0 Å². The molecule has 0 radical (unpaired) electrons. The lowest BCUT2D eigenvalue weighted by molar-refractivity contribution is -0.0194. The van der Waals surface area contributed by atoms with Crippen LogP contribution in [0.1, 0.15) is 138 Å². The summed E-state index contributed by atoms with van der Waals surface area (Å²) in [6.07, 6.45) is 7.03. The summed E-state index contributed by atoms with van der Waals surface area (Å²) >= 11 is 0. The largest absolute Gasteiger partial charge is 0.493 e. The molecule has 1 aliphatic rings. The molecule has 0 saturated heterocycles. The highest BCUT2D eigenvalue weighted by Gasteiger charge is 2.39. The van der Waals surface area contributed by atoms with Crippen LogP contribution in [0.15, 0.2) is 97.1 Å². The number of benzene rings is 5. The van der Waals surface area contributed by atoms with Crippen molar-refractivity contribution >= 4 is 5.97 Å². The second-order valence-electron chi connectivity index (χ2n) is 16.7. The highest BCUT2D eigenvalue weighted by molar-refractivity contribution is 5.92. The molecule has 0 spiro atoms. The quantitative estimate of drug-likeness (QED) is 0.0340. The van der Waals surface area contributed by atoms with E-state index in [2.05, 4.69) is 27.7 Å². The summed E-state index contributed by atoms with van der Waals surface area (Å²) in [5.74, 6) is 1.08. The number of rotatable bonds is 29. The van der Waals surface area contributed by atoms with Gasteiger partial charge in [0.05, 0.1) is 33.0 Å². The molecule has 5 aromatic rings. The van der Waals surface area contributed by atoms with Crippen LogP contribution in [0.25, 0.3) is 0 Å². The molecule has 6 rings (SSSR count). The van der Waals surface area contributed by atoms with Gasteiger partial charge in [-0.15, -0.1) is 0 Å². The maximum absolute atomic E-state index is 17.2. The molecule has 1 aliphatic heterocycles. The maximum Gasteiger partial charge on any atom is 0.341 e. The first-order valence-electron chi connectivity index (χ1n) is 24.4. The lowest BCUT2D eigenvalue weighted by atomic mass is 9.93. The average Bonchev–Trinajstić information content (AvgIpc) is 3.34. The first-order chi connectivity index (χ1) is 32.9. The Hall–Kier alpha value is -6.10. The fourth-order valence-electron chi connectivity index (χ4n) is 7.37. The third-order valence-electron chi connectivity index (χ3n) is 11.3. The van der Waals surface area contributed by atoms with Gasteiger partial charge in [0.15, 0.2) is 29.2 Å². The summed E-state index contributed by atoms with van der Waals surface area (Å²) in [4.78, 5) is 14.8. The summed E-state index contributed by atoms with van der Waals surface area (Å²) in [6, 6.07) is 30.1. The van der Waals surface area contributed by atoms with Gasteiger partial charge >= 0.3 is 5.97 Å². The summed E-state index contributed by atoms with van der Waals surface area (Å²) < 4.78 is 74.5. The van der Waals surface area contributed by atoms with E-state index in [0.717, 1.165) is 75.3 Å². The van der Waals surface area contributed by atoms with E-state index < -0.39 is 24.0 Å². The van der Waals surface area contributed by atoms with Crippen molar-refractivity contribution in [1.82, 2.24) is 0 Å². The van der Waals surface area contributed by atoms with Gasteiger partial charge in [0.2, 0.25) is 11.5 Å². The van der Waals surface area contributed by atoms with Crippen LogP contribution < -0.4 is 37.9 Å². The zero-order chi connectivity index (χ0) is 47.2. The summed E-state index contributed by atoms with van der Waals surface area (Å²) in [5.41, 5.74) is 2.82. The highest BCUT2D eigenvalue weighted by Crippen LogP contribution is 2.47. The number of hydrogen-bond donors (Lipinski definition) is 0. The molecule has 5 aromatic carbocycles. The fourth-order valence-corrected chi connectivity index (χ4v) is 7.37. The molecule has 10 nitrogen and oxygen atoms in total. The van der Waals surface area contributed by atoms with E-state index in [0.29, 0.717) is 79.5 Å². The molecule has 0 bridgehead atoms. The van der Waals surface area contributed by atoms with Crippen molar-refractivity contribution in [2.45, 2.75) is 131 Å². The molecule has 0 unspecified atom stereocenters. The molecule has 0 amide bonds. The van der Waals surface area contributed by atoms with Crippen LogP contribution in [-0.2, 0) is 24.4 Å². The van der Waals surface area contributed by atoms with Crippen molar-refractivity contribution in [2.75, 3.05) is 33.0 Å². The number of carbonyl (C=O) groups is 1. The minimum absolute atomic E-state index is 0.0297. The summed E-state index contributed by atoms with van der Waals surface area (Å²) in [7, 11) is 0. The third-order valence-corrected chi connectivity index (χ3v) is 11.3. The van der Waals surface area contributed by atoms with Gasteiger partial charge in [0.25, 0.3) is 0 Å². The van der Waals surface area contributed by atoms with E-state index >= 15 is 4.39 Å². The topological polar surface area (TPSA) is 100 Å². The number of halogens is 1. The van der Waals surface area contributed by atoms with Crippen LogP contribution in [0, 0.1) is 5.82 Å². The van der Waals surface area contributed by atoms with Crippen LogP contribution in [0.4, 0.5) is 4.39 Å². The van der Waals surface area contributed by atoms with Crippen LogP contribution in [0.5, 0.6) is 46.0 Å². The molecule has 1 heterocycles. The van der Waals surface area contributed by atoms with Crippen molar-refractivity contribution in [3.63, 3.8) is 0 Å². The molecule has 0 aliphatic carbocycles. The number of fused-ring (bicyclic) bond motifs is 1. The molecule has 360 valence electrons. The molecular weight excluding hydrogens is 852 g/mol. The SMILES string of the molecule is CCCCOc1cc(OCCCC)c2c(c1)O[C@@H](c1ccc(OCCCC)c(OCc3ccccc3)c1)[C@H](OC(=O)c1cc(OCCCC)c(OCCCC)c(OCc3ccccc3)c1F)C2. The number of carbonyl (C=O) groups excluding carboxylic acids is 1. The Labute approximate surface area is 396 Å². The van der Waals surface area contributed by atoms with Gasteiger partial charge < -0.3 is 42.6 Å². The zero-order valence-electron chi connectivity index (χ0n) is 40.1. The smallest absolute Gasteiger partial charge is 0.341 e. The molecule has 0 fully saturated rings. The van der Waals surface area contributed by atoms with Crippen LogP contribution in [-0.4, -0.2) is 45.1 Å². The second-order valence-corrected chi connectivity index (χ2v) is 16.7. The first kappa shape index (κ1) is 50.3. The van der Waals surface area contributed by atoms with Gasteiger partial charge in [-0.05, 0) is 55.4 Å². The number of esters is 1. The second kappa shape index (κ2) is 26.9. The third kappa shape index (κ3) is 14.4. The minimum atomic E-state index is -0.966. The zero-order valence-corrected chi connectivity index (χ0v) is 40.1. The molecule has 0 N–H and O–H groups in total. The monoisotopic (exact) mass is 920 g/mol. The van der Waals surface area contributed by atoms with E-state index in [1.165, 1.54) is 6.07 Å². The van der Waals surface area contributed by atoms with Crippen molar-refractivity contribution in [2.24, 2.45) is 0 Å². The lowest BCUT2D eigenvalue weighted by Gasteiger charge is -2.35. The summed E-state index contributed by atoms with van der Waals surface area (Å²) in [6.45, 7) is 12.9. The summed E-state index contributed by atoms with van der Waals surface area (Å²) in [5, 5.41) is 0. The van der Waals surface area contributed by atoms with Gasteiger partial charge in [-0.25, -0.2) is 9.18 Å². The van der Waals surface area contributed by atoms with Crippen LogP contribution >= 0.6 is 0 Å². The van der Waals surface area contributed by atoms with E-state index in [1.807, 2.05) is 97.9 Å². The predicted octanol–water partition coefficient (Wildman–Crippen LogP) is 13.8. The number of ether oxygens (including phenoxy) is 9. The van der Waals surface area contributed by atoms with Gasteiger partial charge in [-0.2, -0.15) is 0 Å². The van der Waals surface area contributed by atoms with Gasteiger partial charge in [0.1, 0.15) is 42.1 Å². The lowest BCUT2D eigenvalue weighted by Crippen LogP contribution is -2.35. The van der Waals surface area contributed by atoms with Gasteiger partial charge in [0, 0.05) is 35.7 Å². The number of hydrogen-bond acceptors (Lipinski definition) is 10. The Morgan fingerprint density at radius 3 is 1.72 bits per heavy atom. The first-order valence-corrected chi connectivity index (χ1v) is 24.4. The molecule has 2 atom stereocenters. The van der Waals surface area contributed by atoms with E-state index in [-0.39, 0.29) is 35.8 Å². The molecule has 11 heteroatoms. The standard InChI is InChI=1S/C56H69FO10/c1-6-11-28-59-43-34-47(61-30-13-8-3)44-36-51(53(66-48(44)35-43)42-26-27-46(60-29-12-7-2)49(33-42)64-38-40-22-18-16-19-23-40)67-56(58)45-37-50(62-31-14-9-4)54(63-32-15-10-5)55(52(45)57)65-39-41-24-20-17-21-25-41/h16-27,33-35,37,51,53H,6-15,28-32,36,38-39H2,1-5H3/t51-,53+/m1/s1. The van der Waals surface area contributed by atoms with Gasteiger partial charge in [-0.1, -0.05) is 133 Å². The predicted molar refractivity (Wildman–Crippen MR) is 259 cm³/mol. The maximum atomic E-state index is 17.2. The molecule has 0 aromatic heterocycles. The number of unbranched alkanes of at least 4 members (excludes halogenated alkanes) is 5. The van der Waals surface area contributed by atoms with Gasteiger partial charge in [-0.3, -0.25) is 0 Å². The van der Waals surface area contributed by atoms with E-state index in [4.69, 9.17) is 42.6 Å². The van der Waals surface area contributed by atoms with Crippen molar-refractivity contribution in [3.05, 3.63) is 131 Å². The normalized spacial score (nSPS) is 14.1.